The van der Waals surface area contributed by atoms with Crippen LogP contribution in [0.15, 0.2) is 68.8 Å². The Labute approximate surface area is 202 Å². The number of hydrogen-bond acceptors (Lipinski definition) is 8. The number of halogens is 2. The number of H-pyrrole nitrogens is 1. The number of ether oxygens (including phenoxy) is 1. The molecule has 1 aromatic heterocycles. The van der Waals surface area contributed by atoms with Crippen molar-refractivity contribution in [2.24, 2.45) is 5.10 Å². The van der Waals surface area contributed by atoms with Crippen LogP contribution in [0.4, 0.5) is 0 Å². The van der Waals surface area contributed by atoms with E-state index < -0.39 is 23.2 Å². The van der Waals surface area contributed by atoms with Crippen LogP contribution in [0.1, 0.15) is 24.1 Å². The molecule has 4 rings (SSSR count). The SMILES string of the molecule is CC(C1=CC(Oc2c(Cl)cc(-n3nc(C#N)c(=O)[nH]c3=O)cc2Cl)=NNC1O)c1ccccc1. The topological polar surface area (TPSA) is 145 Å². The van der Waals surface area contributed by atoms with Gasteiger partial charge in [0.05, 0.1) is 15.7 Å². The number of aromatic amines is 1. The molecule has 3 aromatic rings. The molecule has 0 fully saturated rings. The Bertz CT molecular complexity index is 1450. The molecule has 0 bridgehead atoms. The normalized spacial score (nSPS) is 16.0. The molecule has 2 atom stereocenters. The van der Waals surface area contributed by atoms with Crippen molar-refractivity contribution in [1.82, 2.24) is 20.2 Å². The summed E-state index contributed by atoms with van der Waals surface area (Å²) >= 11 is 12.7. The van der Waals surface area contributed by atoms with Crippen molar-refractivity contribution in [3.05, 3.63) is 96.3 Å². The quantitative estimate of drug-likeness (QED) is 0.500. The van der Waals surface area contributed by atoms with Crippen molar-refractivity contribution in [3.63, 3.8) is 0 Å². The summed E-state index contributed by atoms with van der Waals surface area (Å²) in [5.41, 5.74) is 2.04. The Balaban J connectivity index is 1.65. The number of aromatic nitrogens is 3. The van der Waals surface area contributed by atoms with Crippen molar-refractivity contribution < 1.29 is 9.84 Å². The third kappa shape index (κ3) is 4.58. The fourth-order valence-corrected chi connectivity index (χ4v) is 3.87. The van der Waals surface area contributed by atoms with Gasteiger partial charge in [-0.3, -0.25) is 15.2 Å². The molecule has 2 aromatic carbocycles. The van der Waals surface area contributed by atoms with Gasteiger partial charge in [-0.25, -0.2) is 4.79 Å². The first-order valence-electron chi connectivity index (χ1n) is 9.87. The smallest absolute Gasteiger partial charge is 0.349 e. The number of hydrazone groups is 1. The van der Waals surface area contributed by atoms with Crippen LogP contribution in [-0.4, -0.2) is 32.0 Å². The Morgan fingerprint density at radius 2 is 1.88 bits per heavy atom. The van der Waals surface area contributed by atoms with Gasteiger partial charge in [0.1, 0.15) is 6.07 Å². The highest BCUT2D eigenvalue weighted by atomic mass is 35.5. The number of aliphatic hydroxyl groups is 1. The molecule has 0 radical (unpaired) electrons. The van der Waals surface area contributed by atoms with Gasteiger partial charge in [0.2, 0.25) is 11.6 Å². The average Bonchev–Trinajstić information content (AvgIpc) is 2.82. The van der Waals surface area contributed by atoms with Gasteiger partial charge >= 0.3 is 5.69 Å². The Hall–Kier alpha value is -3.91. The molecule has 1 aliphatic heterocycles. The number of nitrogens with one attached hydrogen (secondary N) is 2. The Morgan fingerprint density at radius 1 is 1.21 bits per heavy atom. The van der Waals surface area contributed by atoms with Gasteiger partial charge < -0.3 is 9.84 Å². The van der Waals surface area contributed by atoms with Gasteiger partial charge in [0.15, 0.2) is 12.0 Å². The van der Waals surface area contributed by atoms with Crippen LogP contribution in [-0.2, 0) is 0 Å². The third-order valence-corrected chi connectivity index (χ3v) is 5.63. The third-order valence-electron chi connectivity index (χ3n) is 5.07. The monoisotopic (exact) mass is 498 g/mol. The van der Waals surface area contributed by atoms with Crippen LogP contribution in [0.3, 0.4) is 0 Å². The second-order valence-corrected chi connectivity index (χ2v) is 8.04. The molecule has 0 amide bonds. The molecule has 0 saturated carbocycles. The molecule has 34 heavy (non-hydrogen) atoms. The van der Waals surface area contributed by atoms with Gasteiger partial charge in [-0.1, -0.05) is 60.5 Å². The summed E-state index contributed by atoms with van der Waals surface area (Å²) in [6, 6.07) is 13.9. The zero-order chi connectivity index (χ0) is 24.4. The van der Waals surface area contributed by atoms with Crippen molar-refractivity contribution >= 4 is 29.1 Å². The number of rotatable bonds is 4. The maximum atomic E-state index is 12.1. The minimum atomic E-state index is -1.01. The first kappa shape index (κ1) is 23.3. The predicted molar refractivity (Wildman–Crippen MR) is 125 cm³/mol. The highest BCUT2D eigenvalue weighted by molar-refractivity contribution is 6.37. The number of nitriles is 1. The fourth-order valence-electron chi connectivity index (χ4n) is 3.32. The van der Waals surface area contributed by atoms with Crippen LogP contribution >= 0.6 is 23.2 Å². The largest absolute Gasteiger partial charge is 0.434 e. The molecule has 10 nitrogen and oxygen atoms in total. The van der Waals surface area contributed by atoms with E-state index in [1.165, 1.54) is 12.1 Å². The van der Waals surface area contributed by atoms with E-state index in [0.29, 0.717) is 5.57 Å². The summed E-state index contributed by atoms with van der Waals surface area (Å²) in [5.74, 6) is 0.00864. The first-order valence-corrected chi connectivity index (χ1v) is 10.6. The van der Waals surface area contributed by atoms with Gasteiger partial charge in [-0.2, -0.15) is 9.94 Å². The lowest BCUT2D eigenvalue weighted by Gasteiger charge is -2.25. The lowest BCUT2D eigenvalue weighted by atomic mass is 9.91. The van der Waals surface area contributed by atoms with E-state index in [-0.39, 0.29) is 33.3 Å². The second kappa shape index (κ2) is 9.52. The van der Waals surface area contributed by atoms with E-state index in [2.05, 4.69) is 15.6 Å². The molecule has 12 heteroatoms. The summed E-state index contributed by atoms with van der Waals surface area (Å²) in [6.07, 6.45) is 0.579. The zero-order valence-electron chi connectivity index (χ0n) is 17.5. The summed E-state index contributed by atoms with van der Waals surface area (Å²) < 4.78 is 6.57. The molecule has 2 unspecified atom stereocenters. The van der Waals surface area contributed by atoms with Crippen LogP contribution in [0, 0.1) is 11.3 Å². The van der Waals surface area contributed by atoms with E-state index in [1.54, 1.807) is 12.1 Å². The lowest BCUT2D eigenvalue weighted by molar-refractivity contribution is 0.165. The molecule has 0 aliphatic carbocycles. The van der Waals surface area contributed by atoms with E-state index in [4.69, 9.17) is 33.2 Å². The predicted octanol–water partition coefficient (Wildman–Crippen LogP) is 2.44. The van der Waals surface area contributed by atoms with Crippen molar-refractivity contribution in [1.29, 1.82) is 5.26 Å². The summed E-state index contributed by atoms with van der Waals surface area (Å²) in [7, 11) is 0. The van der Waals surface area contributed by atoms with Crippen molar-refractivity contribution in [2.45, 2.75) is 19.1 Å². The van der Waals surface area contributed by atoms with Gasteiger partial charge in [-0.05, 0) is 23.3 Å². The molecule has 172 valence electrons. The number of nitrogens with zero attached hydrogens (tertiary/aromatic N) is 4. The van der Waals surface area contributed by atoms with Gasteiger partial charge in [0, 0.05) is 12.0 Å². The van der Waals surface area contributed by atoms with Gasteiger partial charge in [-0.15, -0.1) is 10.2 Å². The molecular formula is C22H16Cl2N6O4. The maximum absolute atomic E-state index is 12.1. The standard InChI is InChI=1S/C22H16Cl2N6O4/c1-11(12-5-3-2-4-6-12)14-9-18(27-28-20(14)31)34-19-15(23)7-13(8-16(19)24)30-22(33)26-21(32)17(10-25)29-30/h2-9,11,20,28,31H,1H3,(H,26,32,33). The van der Waals surface area contributed by atoms with Crippen LogP contribution in [0.2, 0.25) is 10.0 Å². The molecule has 3 N–H and O–H groups in total. The highest BCUT2D eigenvalue weighted by Gasteiger charge is 2.24. The zero-order valence-corrected chi connectivity index (χ0v) is 19.0. The molecule has 0 spiro atoms. The van der Waals surface area contributed by atoms with E-state index in [1.807, 2.05) is 42.2 Å². The second-order valence-electron chi connectivity index (χ2n) is 7.23. The highest BCUT2D eigenvalue weighted by Crippen LogP contribution is 2.36. The Morgan fingerprint density at radius 3 is 2.53 bits per heavy atom. The molecule has 1 aliphatic rings. The lowest BCUT2D eigenvalue weighted by Crippen LogP contribution is -2.34. The minimum absolute atomic E-state index is 0.0146. The Kier molecular flexibility index (Phi) is 6.51. The molecular weight excluding hydrogens is 483 g/mol. The van der Waals surface area contributed by atoms with Crippen LogP contribution in [0.25, 0.3) is 5.69 Å². The van der Waals surface area contributed by atoms with Crippen molar-refractivity contribution in [3.8, 4) is 17.5 Å². The molecule has 2 heterocycles. The minimum Gasteiger partial charge on any atom is -0.434 e. The summed E-state index contributed by atoms with van der Waals surface area (Å²) in [6.45, 7) is 1.94. The van der Waals surface area contributed by atoms with Crippen LogP contribution < -0.4 is 21.4 Å². The van der Waals surface area contributed by atoms with Crippen LogP contribution in [0.5, 0.6) is 5.75 Å². The van der Waals surface area contributed by atoms with E-state index in [9.17, 15) is 14.7 Å². The average molecular weight is 499 g/mol. The summed E-state index contributed by atoms with van der Waals surface area (Å²) in [5, 5.41) is 27.1. The van der Waals surface area contributed by atoms with E-state index >= 15 is 0 Å². The number of hydrogen-bond donors (Lipinski definition) is 3. The number of benzene rings is 2. The molecule has 0 saturated heterocycles. The van der Waals surface area contributed by atoms with Gasteiger partial charge in [0.25, 0.3) is 5.56 Å². The van der Waals surface area contributed by atoms with Crippen molar-refractivity contribution in [2.75, 3.05) is 0 Å². The fraction of sp³-hybridized carbons (Fsp3) is 0.136. The number of aliphatic hydroxyl groups excluding tert-OH is 1. The van der Waals surface area contributed by atoms with E-state index in [0.717, 1.165) is 10.2 Å². The maximum Gasteiger partial charge on any atom is 0.349 e. The summed E-state index contributed by atoms with van der Waals surface area (Å²) in [4.78, 5) is 25.7. The first-order chi connectivity index (χ1) is 16.3.